The Morgan fingerprint density at radius 3 is 2.86 bits per heavy atom. The van der Waals surface area contributed by atoms with Gasteiger partial charge in [0.25, 0.3) is 0 Å². The average molecular weight is 289 g/mol. The third kappa shape index (κ3) is 4.33. The molecular formula is C17H23NO3. The molecule has 1 N–H and O–H groups in total. The molecule has 1 aromatic carbocycles. The predicted octanol–water partition coefficient (Wildman–Crippen LogP) is 3.26. The number of carbonyl (C=O) groups is 1. The lowest BCUT2D eigenvalue weighted by molar-refractivity contribution is -0.143. The first kappa shape index (κ1) is 15.6. The Bertz CT molecular complexity index is 589. The normalized spacial score (nSPS) is 11.0. The largest absolute Gasteiger partial charge is 0.466 e. The average Bonchev–Trinajstić information content (AvgIpc) is 2.89. The molecule has 1 heterocycles. The number of aliphatic hydroxyl groups is 1. The minimum atomic E-state index is -0.100. The number of hydrogen-bond acceptors (Lipinski definition) is 3. The van der Waals surface area contributed by atoms with Crippen LogP contribution in [0, 0.1) is 0 Å². The molecule has 1 aromatic heterocycles. The van der Waals surface area contributed by atoms with E-state index in [2.05, 4.69) is 16.8 Å². The van der Waals surface area contributed by atoms with Gasteiger partial charge in [0.1, 0.15) is 0 Å². The van der Waals surface area contributed by atoms with Crippen LogP contribution in [0.4, 0.5) is 0 Å². The lowest BCUT2D eigenvalue weighted by atomic mass is 10.1. The topological polar surface area (TPSA) is 51.5 Å². The molecule has 2 rings (SSSR count). The second-order valence-corrected chi connectivity index (χ2v) is 5.18. The minimum absolute atomic E-state index is 0.0701. The van der Waals surface area contributed by atoms with E-state index in [1.165, 1.54) is 5.39 Å². The fourth-order valence-electron chi connectivity index (χ4n) is 2.48. The van der Waals surface area contributed by atoms with E-state index in [0.29, 0.717) is 13.0 Å². The molecule has 114 valence electrons. The maximum absolute atomic E-state index is 11.2. The van der Waals surface area contributed by atoms with Crippen molar-refractivity contribution < 1.29 is 14.6 Å². The number of esters is 1. The maximum Gasteiger partial charge on any atom is 0.305 e. The first-order valence-electron chi connectivity index (χ1n) is 7.59. The summed E-state index contributed by atoms with van der Waals surface area (Å²) in [5, 5.41) is 10.4. The Hall–Kier alpha value is -1.81. The number of ether oxygens (including phenoxy) is 1. The monoisotopic (exact) mass is 289 g/mol. The second-order valence-electron chi connectivity index (χ2n) is 5.18. The molecule has 0 aliphatic carbocycles. The fourth-order valence-corrected chi connectivity index (χ4v) is 2.48. The predicted molar refractivity (Wildman–Crippen MR) is 83.0 cm³/mol. The van der Waals surface area contributed by atoms with Crippen LogP contribution < -0.4 is 0 Å². The number of nitrogens with zero attached hydrogens (tertiary/aromatic N) is 1. The number of rotatable bonds is 8. The Kier molecular flexibility index (Phi) is 5.81. The number of unbranched alkanes of at least 4 members (excludes halogenated alkanes) is 2. The van der Waals surface area contributed by atoms with Gasteiger partial charge in [-0.25, -0.2) is 0 Å². The number of benzene rings is 1. The van der Waals surface area contributed by atoms with E-state index in [-0.39, 0.29) is 12.6 Å². The van der Waals surface area contributed by atoms with Crippen LogP contribution in [0.25, 0.3) is 10.9 Å². The molecule has 4 nitrogen and oxygen atoms in total. The summed E-state index contributed by atoms with van der Waals surface area (Å²) in [4.78, 5) is 11.2. The fraction of sp³-hybridized carbons (Fsp3) is 0.471. The molecule has 0 saturated carbocycles. The highest BCUT2D eigenvalue weighted by molar-refractivity contribution is 5.80. The van der Waals surface area contributed by atoms with E-state index in [1.807, 2.05) is 25.1 Å². The highest BCUT2D eigenvalue weighted by Gasteiger charge is 2.03. The van der Waals surface area contributed by atoms with Gasteiger partial charge in [-0.1, -0.05) is 18.6 Å². The van der Waals surface area contributed by atoms with Gasteiger partial charge in [0, 0.05) is 24.7 Å². The van der Waals surface area contributed by atoms with Crippen LogP contribution in [0.2, 0.25) is 0 Å². The van der Waals surface area contributed by atoms with E-state index in [0.717, 1.165) is 36.9 Å². The lowest BCUT2D eigenvalue weighted by Crippen LogP contribution is -2.03. The third-order valence-corrected chi connectivity index (χ3v) is 3.61. The molecule has 0 aliphatic heterocycles. The van der Waals surface area contributed by atoms with Crippen molar-refractivity contribution in [2.24, 2.45) is 0 Å². The molecule has 2 aromatic rings. The van der Waals surface area contributed by atoms with Gasteiger partial charge in [0.05, 0.1) is 13.2 Å². The van der Waals surface area contributed by atoms with Crippen molar-refractivity contribution in [3.05, 3.63) is 36.0 Å². The molecule has 0 bridgehead atoms. The van der Waals surface area contributed by atoms with Crippen molar-refractivity contribution in [1.82, 2.24) is 4.57 Å². The van der Waals surface area contributed by atoms with E-state index < -0.39 is 0 Å². The summed E-state index contributed by atoms with van der Waals surface area (Å²) in [6.07, 6.45) is 5.51. The van der Waals surface area contributed by atoms with E-state index in [9.17, 15) is 9.90 Å². The van der Waals surface area contributed by atoms with Gasteiger partial charge in [-0.05, 0) is 42.8 Å². The number of hydrogen-bond donors (Lipinski definition) is 1. The van der Waals surface area contributed by atoms with Crippen LogP contribution in [-0.4, -0.2) is 22.2 Å². The van der Waals surface area contributed by atoms with Gasteiger partial charge in [-0.3, -0.25) is 4.79 Å². The highest BCUT2D eigenvalue weighted by atomic mass is 16.5. The zero-order chi connectivity index (χ0) is 15.1. The number of aromatic nitrogens is 1. The SMILES string of the molecule is CCOC(=O)CCCCCn1ccc2ccc(CO)cc21. The van der Waals surface area contributed by atoms with Crippen LogP contribution in [-0.2, 0) is 22.7 Å². The van der Waals surface area contributed by atoms with Gasteiger partial charge < -0.3 is 14.4 Å². The first-order valence-corrected chi connectivity index (χ1v) is 7.59. The number of carbonyl (C=O) groups excluding carboxylic acids is 1. The van der Waals surface area contributed by atoms with Crippen molar-refractivity contribution >= 4 is 16.9 Å². The Morgan fingerprint density at radius 1 is 1.24 bits per heavy atom. The van der Waals surface area contributed by atoms with Gasteiger partial charge in [0.2, 0.25) is 0 Å². The Balaban J connectivity index is 1.82. The third-order valence-electron chi connectivity index (χ3n) is 3.61. The summed E-state index contributed by atoms with van der Waals surface area (Å²) in [5.41, 5.74) is 2.09. The molecule has 0 unspecified atom stereocenters. The summed E-state index contributed by atoms with van der Waals surface area (Å²) in [7, 11) is 0. The van der Waals surface area contributed by atoms with E-state index >= 15 is 0 Å². The molecule has 0 spiro atoms. The molecule has 0 atom stereocenters. The van der Waals surface area contributed by atoms with Crippen LogP contribution >= 0.6 is 0 Å². The van der Waals surface area contributed by atoms with Gasteiger partial charge in [-0.2, -0.15) is 0 Å². The summed E-state index contributed by atoms with van der Waals surface area (Å²) in [5.74, 6) is -0.100. The standard InChI is InChI=1S/C17H23NO3/c1-2-21-17(20)6-4-3-5-10-18-11-9-15-8-7-14(13-19)12-16(15)18/h7-9,11-12,19H,2-6,10,13H2,1H3. The zero-order valence-corrected chi connectivity index (χ0v) is 12.5. The second kappa shape index (κ2) is 7.84. The first-order chi connectivity index (χ1) is 10.2. The van der Waals surface area contributed by atoms with E-state index in [4.69, 9.17) is 4.74 Å². The molecule has 4 heteroatoms. The van der Waals surface area contributed by atoms with Crippen molar-refractivity contribution in [2.75, 3.05) is 6.61 Å². The molecular weight excluding hydrogens is 266 g/mol. The van der Waals surface area contributed by atoms with Crippen LogP contribution in [0.1, 0.15) is 38.2 Å². The van der Waals surface area contributed by atoms with Crippen LogP contribution in [0.15, 0.2) is 30.5 Å². The van der Waals surface area contributed by atoms with Crippen LogP contribution in [0.3, 0.4) is 0 Å². The van der Waals surface area contributed by atoms with Gasteiger partial charge >= 0.3 is 5.97 Å². The summed E-state index contributed by atoms with van der Waals surface area (Å²) < 4.78 is 7.12. The number of fused-ring (bicyclic) bond motifs is 1. The van der Waals surface area contributed by atoms with Crippen molar-refractivity contribution in [2.45, 2.75) is 45.8 Å². The van der Waals surface area contributed by atoms with Crippen molar-refractivity contribution in [3.63, 3.8) is 0 Å². The molecule has 0 amide bonds. The summed E-state index contributed by atoms with van der Waals surface area (Å²) in [6, 6.07) is 8.12. The number of aryl methyl sites for hydroxylation is 1. The molecule has 0 radical (unpaired) electrons. The zero-order valence-electron chi connectivity index (χ0n) is 12.5. The lowest BCUT2D eigenvalue weighted by Gasteiger charge is -2.06. The van der Waals surface area contributed by atoms with E-state index in [1.54, 1.807) is 0 Å². The minimum Gasteiger partial charge on any atom is -0.466 e. The highest BCUT2D eigenvalue weighted by Crippen LogP contribution is 2.18. The number of aliphatic hydroxyl groups excluding tert-OH is 1. The molecule has 0 aliphatic rings. The molecule has 0 saturated heterocycles. The van der Waals surface area contributed by atoms with Crippen molar-refractivity contribution in [3.8, 4) is 0 Å². The quantitative estimate of drug-likeness (QED) is 0.599. The summed E-state index contributed by atoms with van der Waals surface area (Å²) in [6.45, 7) is 3.29. The Labute approximate surface area is 125 Å². The van der Waals surface area contributed by atoms with Crippen LogP contribution in [0.5, 0.6) is 0 Å². The molecule has 0 fully saturated rings. The maximum atomic E-state index is 11.2. The van der Waals surface area contributed by atoms with Crippen molar-refractivity contribution in [1.29, 1.82) is 0 Å². The summed E-state index contributed by atoms with van der Waals surface area (Å²) >= 11 is 0. The van der Waals surface area contributed by atoms with Gasteiger partial charge in [0.15, 0.2) is 0 Å². The Morgan fingerprint density at radius 2 is 2.10 bits per heavy atom. The van der Waals surface area contributed by atoms with Gasteiger partial charge in [-0.15, -0.1) is 0 Å². The molecule has 21 heavy (non-hydrogen) atoms. The smallest absolute Gasteiger partial charge is 0.305 e.